The molecule has 0 spiro atoms. The Bertz CT molecular complexity index is 670. The van der Waals surface area contributed by atoms with Crippen molar-refractivity contribution >= 4 is 29.0 Å². The second kappa shape index (κ2) is 7.44. The van der Waals surface area contributed by atoms with Crippen LogP contribution in [0.25, 0.3) is 0 Å². The Labute approximate surface area is 140 Å². The minimum Gasteiger partial charge on any atom is -0.376 e. The van der Waals surface area contributed by atoms with E-state index in [0.717, 1.165) is 25.1 Å². The Morgan fingerprint density at radius 2 is 2.26 bits per heavy atom. The molecule has 0 saturated carbocycles. The van der Waals surface area contributed by atoms with E-state index in [1.165, 1.54) is 0 Å². The van der Waals surface area contributed by atoms with Crippen molar-refractivity contribution in [3.05, 3.63) is 53.2 Å². The van der Waals surface area contributed by atoms with E-state index in [1.54, 1.807) is 18.3 Å². The average Bonchev–Trinajstić information content (AvgIpc) is 3.07. The van der Waals surface area contributed by atoms with Crippen LogP contribution in [0.3, 0.4) is 0 Å². The molecule has 0 bridgehead atoms. The summed E-state index contributed by atoms with van der Waals surface area (Å²) in [4.78, 5) is 16.3. The number of hydrogen-bond donors (Lipinski definition) is 2. The molecule has 3 rings (SSSR count). The summed E-state index contributed by atoms with van der Waals surface area (Å²) >= 11 is 5.94. The molecule has 1 fully saturated rings. The normalized spacial score (nSPS) is 17.0. The summed E-state index contributed by atoms with van der Waals surface area (Å²) in [6.07, 6.45) is 3.75. The number of nitrogens with zero attached hydrogens (tertiary/aromatic N) is 1. The van der Waals surface area contributed by atoms with Crippen LogP contribution in [0.1, 0.15) is 23.2 Å². The number of carbonyl (C=O) groups is 1. The number of ether oxygens (including phenoxy) is 1. The average molecular weight is 332 g/mol. The Morgan fingerprint density at radius 1 is 1.35 bits per heavy atom. The third-order valence-corrected chi connectivity index (χ3v) is 3.87. The molecule has 1 aromatic carbocycles. The Morgan fingerprint density at radius 3 is 2.96 bits per heavy atom. The van der Waals surface area contributed by atoms with Crippen LogP contribution in [0.4, 0.5) is 11.5 Å². The molecular weight excluding hydrogens is 314 g/mol. The molecule has 23 heavy (non-hydrogen) atoms. The van der Waals surface area contributed by atoms with E-state index in [1.807, 2.05) is 24.3 Å². The lowest BCUT2D eigenvalue weighted by atomic mass is 10.2. The van der Waals surface area contributed by atoms with E-state index in [4.69, 9.17) is 16.3 Å². The number of pyridine rings is 1. The van der Waals surface area contributed by atoms with Gasteiger partial charge in [0.1, 0.15) is 5.82 Å². The molecule has 2 aromatic rings. The third kappa shape index (κ3) is 4.43. The fourth-order valence-corrected chi connectivity index (χ4v) is 2.62. The van der Waals surface area contributed by atoms with E-state index in [0.29, 0.717) is 22.9 Å². The number of aromatic nitrogens is 1. The smallest absolute Gasteiger partial charge is 0.252 e. The first-order chi connectivity index (χ1) is 11.2. The molecule has 120 valence electrons. The highest BCUT2D eigenvalue weighted by atomic mass is 35.5. The lowest BCUT2D eigenvalue weighted by Crippen LogP contribution is -2.31. The molecule has 1 saturated heterocycles. The second-order valence-electron chi connectivity index (χ2n) is 5.41. The van der Waals surface area contributed by atoms with E-state index in [-0.39, 0.29) is 12.0 Å². The van der Waals surface area contributed by atoms with Crippen LogP contribution in [0, 0.1) is 0 Å². The van der Waals surface area contributed by atoms with Crippen LogP contribution in [0.5, 0.6) is 0 Å². The molecule has 1 amide bonds. The van der Waals surface area contributed by atoms with Crippen LogP contribution in [0.2, 0.25) is 5.02 Å². The van der Waals surface area contributed by atoms with Crippen molar-refractivity contribution in [3.63, 3.8) is 0 Å². The molecular formula is C17H18ClN3O2. The molecule has 1 atom stereocenters. The molecule has 1 unspecified atom stereocenters. The van der Waals surface area contributed by atoms with Crippen LogP contribution in [0.15, 0.2) is 42.6 Å². The van der Waals surface area contributed by atoms with Crippen molar-refractivity contribution < 1.29 is 9.53 Å². The SMILES string of the molecule is O=C(NCC1CCCO1)c1ccc(Nc2cccc(Cl)c2)nc1. The zero-order chi connectivity index (χ0) is 16.1. The van der Waals surface area contributed by atoms with Gasteiger partial charge in [-0.1, -0.05) is 17.7 Å². The number of nitrogens with one attached hydrogen (secondary N) is 2. The fraction of sp³-hybridized carbons (Fsp3) is 0.294. The lowest BCUT2D eigenvalue weighted by molar-refractivity contribution is 0.0857. The summed E-state index contributed by atoms with van der Waals surface area (Å²) in [6, 6.07) is 10.9. The molecule has 0 aliphatic carbocycles. The Hall–Kier alpha value is -2.11. The maximum absolute atomic E-state index is 12.1. The monoisotopic (exact) mass is 331 g/mol. The molecule has 1 aromatic heterocycles. The van der Waals surface area contributed by atoms with E-state index in [9.17, 15) is 4.79 Å². The van der Waals surface area contributed by atoms with Crippen molar-refractivity contribution in [2.75, 3.05) is 18.5 Å². The van der Waals surface area contributed by atoms with Crippen molar-refractivity contribution in [1.29, 1.82) is 0 Å². The van der Waals surface area contributed by atoms with Gasteiger partial charge in [0.15, 0.2) is 0 Å². The zero-order valence-corrected chi connectivity index (χ0v) is 13.3. The van der Waals surface area contributed by atoms with Gasteiger partial charge in [0.2, 0.25) is 0 Å². The van der Waals surface area contributed by atoms with Gasteiger partial charge in [-0.3, -0.25) is 4.79 Å². The summed E-state index contributed by atoms with van der Waals surface area (Å²) in [5.74, 6) is 0.519. The van der Waals surface area contributed by atoms with Gasteiger partial charge in [0.05, 0.1) is 11.7 Å². The summed E-state index contributed by atoms with van der Waals surface area (Å²) in [7, 11) is 0. The molecule has 2 N–H and O–H groups in total. The van der Waals surface area contributed by atoms with Crippen molar-refractivity contribution in [1.82, 2.24) is 10.3 Å². The van der Waals surface area contributed by atoms with Crippen molar-refractivity contribution in [2.45, 2.75) is 18.9 Å². The molecule has 1 aliphatic rings. The number of rotatable bonds is 5. The number of hydrogen-bond acceptors (Lipinski definition) is 4. The Kier molecular flexibility index (Phi) is 5.10. The summed E-state index contributed by atoms with van der Waals surface area (Å²) in [5, 5.41) is 6.67. The first-order valence-corrected chi connectivity index (χ1v) is 7.97. The predicted molar refractivity (Wildman–Crippen MR) is 90.3 cm³/mol. The van der Waals surface area contributed by atoms with E-state index >= 15 is 0 Å². The van der Waals surface area contributed by atoms with Crippen molar-refractivity contribution in [2.24, 2.45) is 0 Å². The van der Waals surface area contributed by atoms with Gasteiger partial charge in [0.25, 0.3) is 5.91 Å². The van der Waals surface area contributed by atoms with Crippen LogP contribution in [-0.2, 0) is 4.74 Å². The number of carbonyl (C=O) groups excluding carboxylic acids is 1. The molecule has 0 radical (unpaired) electrons. The van der Waals surface area contributed by atoms with Gasteiger partial charge in [-0.15, -0.1) is 0 Å². The maximum atomic E-state index is 12.1. The minimum atomic E-state index is -0.137. The molecule has 1 aliphatic heterocycles. The standard InChI is InChI=1S/C17H18ClN3O2/c18-13-3-1-4-14(9-13)21-16-7-6-12(10-19-16)17(22)20-11-15-5-2-8-23-15/h1,3-4,6-7,9-10,15H,2,5,8,11H2,(H,19,21)(H,20,22). The quantitative estimate of drug-likeness (QED) is 0.881. The van der Waals surface area contributed by atoms with Gasteiger partial charge in [-0.2, -0.15) is 0 Å². The number of benzene rings is 1. The summed E-state index contributed by atoms with van der Waals surface area (Å²) in [6.45, 7) is 1.33. The predicted octanol–water partition coefficient (Wildman–Crippen LogP) is 3.39. The van der Waals surface area contributed by atoms with Gasteiger partial charge >= 0.3 is 0 Å². The maximum Gasteiger partial charge on any atom is 0.252 e. The fourth-order valence-electron chi connectivity index (χ4n) is 2.43. The lowest BCUT2D eigenvalue weighted by Gasteiger charge is -2.11. The highest BCUT2D eigenvalue weighted by Crippen LogP contribution is 2.19. The number of anilines is 2. The van der Waals surface area contributed by atoms with Gasteiger partial charge < -0.3 is 15.4 Å². The highest BCUT2D eigenvalue weighted by Gasteiger charge is 2.16. The number of amides is 1. The van der Waals surface area contributed by atoms with Crippen LogP contribution >= 0.6 is 11.6 Å². The summed E-state index contributed by atoms with van der Waals surface area (Å²) < 4.78 is 5.48. The second-order valence-corrected chi connectivity index (χ2v) is 5.85. The molecule has 6 heteroatoms. The van der Waals surface area contributed by atoms with Crippen LogP contribution in [-0.4, -0.2) is 30.1 Å². The molecule has 2 heterocycles. The Balaban J connectivity index is 1.56. The third-order valence-electron chi connectivity index (χ3n) is 3.64. The van der Waals surface area contributed by atoms with E-state index in [2.05, 4.69) is 15.6 Å². The topological polar surface area (TPSA) is 63.2 Å². The van der Waals surface area contributed by atoms with Crippen LogP contribution < -0.4 is 10.6 Å². The first-order valence-electron chi connectivity index (χ1n) is 7.59. The van der Waals surface area contributed by atoms with Crippen molar-refractivity contribution in [3.8, 4) is 0 Å². The number of halogens is 1. The summed E-state index contributed by atoms with van der Waals surface area (Å²) in [5.41, 5.74) is 1.38. The highest BCUT2D eigenvalue weighted by molar-refractivity contribution is 6.30. The van der Waals surface area contributed by atoms with Gasteiger partial charge in [-0.25, -0.2) is 4.98 Å². The minimum absolute atomic E-state index is 0.135. The van der Waals surface area contributed by atoms with E-state index < -0.39 is 0 Å². The zero-order valence-electron chi connectivity index (χ0n) is 12.6. The van der Waals surface area contributed by atoms with Gasteiger partial charge in [-0.05, 0) is 43.2 Å². The first kappa shape index (κ1) is 15.8. The largest absolute Gasteiger partial charge is 0.376 e. The molecule has 5 nitrogen and oxygen atoms in total. The van der Waals surface area contributed by atoms with Gasteiger partial charge in [0, 0.05) is 30.1 Å².